The minimum atomic E-state index is -0.155. The van der Waals surface area contributed by atoms with Crippen molar-refractivity contribution in [3.05, 3.63) is 23.3 Å². The number of carbonyl (C=O) groups is 2. The number of anilines is 2. The van der Waals surface area contributed by atoms with Crippen molar-refractivity contribution in [1.29, 1.82) is 0 Å². The van der Waals surface area contributed by atoms with E-state index in [4.69, 9.17) is 5.73 Å². The molecule has 0 fully saturated rings. The molecule has 2 amide bonds. The van der Waals surface area contributed by atoms with Gasteiger partial charge in [0.1, 0.15) is 0 Å². The van der Waals surface area contributed by atoms with E-state index in [1.54, 1.807) is 16.8 Å². The third kappa shape index (κ3) is 2.21. The summed E-state index contributed by atoms with van der Waals surface area (Å²) in [6.07, 6.45) is 0.315. The van der Waals surface area contributed by atoms with Crippen molar-refractivity contribution < 1.29 is 9.59 Å². The summed E-state index contributed by atoms with van der Waals surface area (Å²) in [5, 5.41) is 0. The fourth-order valence-electron chi connectivity index (χ4n) is 2.38. The molecule has 0 atom stereocenters. The molecule has 1 aliphatic rings. The first-order valence-corrected chi connectivity index (χ1v) is 6.34. The van der Waals surface area contributed by atoms with E-state index < -0.39 is 0 Å². The highest BCUT2D eigenvalue weighted by Gasteiger charge is 2.28. The van der Waals surface area contributed by atoms with Crippen LogP contribution in [-0.4, -0.2) is 32.0 Å². The third-order valence-corrected chi connectivity index (χ3v) is 3.71. The molecule has 0 aliphatic carbocycles. The average molecular weight is 261 g/mol. The zero-order valence-corrected chi connectivity index (χ0v) is 11.6. The van der Waals surface area contributed by atoms with E-state index >= 15 is 0 Å². The monoisotopic (exact) mass is 261 g/mol. The number of hydrogen-bond acceptors (Lipinski definition) is 3. The van der Waals surface area contributed by atoms with Gasteiger partial charge in [0.25, 0.3) is 0 Å². The Bertz CT molecular complexity index is 540. The molecule has 1 heterocycles. The fraction of sp³-hybridized carbons (Fsp3) is 0.429. The van der Waals surface area contributed by atoms with E-state index in [2.05, 4.69) is 0 Å². The van der Waals surface area contributed by atoms with Crippen LogP contribution in [0, 0.1) is 13.8 Å². The summed E-state index contributed by atoms with van der Waals surface area (Å²) < 4.78 is 0. The second-order valence-electron chi connectivity index (χ2n) is 4.83. The van der Waals surface area contributed by atoms with Gasteiger partial charge < -0.3 is 15.5 Å². The number of amides is 2. The van der Waals surface area contributed by atoms with Gasteiger partial charge in [-0.05, 0) is 31.0 Å². The lowest BCUT2D eigenvalue weighted by atomic mass is 10.0. The Morgan fingerprint density at radius 2 is 2.05 bits per heavy atom. The standard InChI is InChI=1S/C14H19N3O2/c1-9-4-5-11-14(10(9)2)17(13(19)8-15)7-6-12(18)16(11)3/h4-5H,6-8,15H2,1-3H3. The number of fused-ring (bicyclic) bond motifs is 1. The Labute approximate surface area is 113 Å². The summed E-state index contributed by atoms with van der Waals surface area (Å²) in [5.74, 6) is -0.144. The van der Waals surface area contributed by atoms with Gasteiger partial charge in [-0.15, -0.1) is 0 Å². The van der Waals surface area contributed by atoms with Gasteiger partial charge in [-0.1, -0.05) is 6.07 Å². The van der Waals surface area contributed by atoms with Crippen molar-refractivity contribution >= 4 is 23.2 Å². The smallest absolute Gasteiger partial charge is 0.240 e. The molecule has 0 spiro atoms. The summed E-state index contributed by atoms with van der Waals surface area (Å²) in [6, 6.07) is 3.85. The molecule has 5 nitrogen and oxygen atoms in total. The van der Waals surface area contributed by atoms with Crippen molar-refractivity contribution in [1.82, 2.24) is 0 Å². The van der Waals surface area contributed by atoms with Crippen LogP contribution in [0.5, 0.6) is 0 Å². The van der Waals surface area contributed by atoms with E-state index in [-0.39, 0.29) is 18.4 Å². The molecule has 0 bridgehead atoms. The van der Waals surface area contributed by atoms with Gasteiger partial charge in [-0.2, -0.15) is 0 Å². The first-order chi connectivity index (χ1) is 8.97. The van der Waals surface area contributed by atoms with Crippen molar-refractivity contribution in [3.63, 3.8) is 0 Å². The largest absolute Gasteiger partial charge is 0.322 e. The van der Waals surface area contributed by atoms with Gasteiger partial charge >= 0.3 is 0 Å². The van der Waals surface area contributed by atoms with Crippen LogP contribution in [0.1, 0.15) is 17.5 Å². The molecule has 0 aromatic heterocycles. The molecular weight excluding hydrogens is 242 g/mol. The number of hydrogen-bond donors (Lipinski definition) is 1. The average Bonchev–Trinajstić information content (AvgIpc) is 2.53. The first-order valence-electron chi connectivity index (χ1n) is 6.34. The Morgan fingerprint density at radius 3 is 2.68 bits per heavy atom. The quantitative estimate of drug-likeness (QED) is 0.819. The summed E-state index contributed by atoms with van der Waals surface area (Å²) in [7, 11) is 1.74. The van der Waals surface area contributed by atoms with Gasteiger partial charge in [0.2, 0.25) is 11.8 Å². The molecule has 0 radical (unpaired) electrons. The van der Waals surface area contributed by atoms with Crippen LogP contribution in [0.2, 0.25) is 0 Å². The molecular formula is C14H19N3O2. The van der Waals surface area contributed by atoms with Gasteiger partial charge in [0.05, 0.1) is 17.9 Å². The molecule has 102 valence electrons. The Hall–Kier alpha value is -1.88. The number of carbonyl (C=O) groups excluding carboxylic acids is 2. The summed E-state index contributed by atoms with van der Waals surface area (Å²) in [6.45, 7) is 4.29. The molecule has 0 saturated heterocycles. The maximum Gasteiger partial charge on any atom is 0.240 e. The number of benzene rings is 1. The number of rotatable bonds is 1. The first kappa shape index (κ1) is 13.5. The Kier molecular flexibility index (Phi) is 3.57. The Morgan fingerprint density at radius 1 is 1.37 bits per heavy atom. The zero-order valence-electron chi connectivity index (χ0n) is 11.6. The van der Waals surface area contributed by atoms with Crippen LogP contribution < -0.4 is 15.5 Å². The normalized spacial score (nSPS) is 15.3. The van der Waals surface area contributed by atoms with E-state index in [1.165, 1.54) is 0 Å². The minimum absolute atomic E-state index is 0.0109. The maximum absolute atomic E-state index is 12.0. The molecule has 1 aliphatic heterocycles. The van der Waals surface area contributed by atoms with Crippen molar-refractivity contribution in [2.75, 3.05) is 29.9 Å². The summed E-state index contributed by atoms with van der Waals surface area (Å²) in [4.78, 5) is 27.3. The fourth-order valence-corrected chi connectivity index (χ4v) is 2.38. The second kappa shape index (κ2) is 5.01. The predicted octanol–water partition coefficient (Wildman–Crippen LogP) is 0.962. The minimum Gasteiger partial charge on any atom is -0.322 e. The zero-order chi connectivity index (χ0) is 14.2. The number of nitrogens with two attached hydrogens (primary N) is 1. The molecule has 19 heavy (non-hydrogen) atoms. The second-order valence-corrected chi connectivity index (χ2v) is 4.83. The van der Waals surface area contributed by atoms with E-state index in [0.29, 0.717) is 13.0 Å². The molecule has 0 unspecified atom stereocenters. The number of aryl methyl sites for hydroxylation is 1. The van der Waals surface area contributed by atoms with Crippen LogP contribution >= 0.6 is 0 Å². The van der Waals surface area contributed by atoms with Crippen LogP contribution in [0.4, 0.5) is 11.4 Å². The van der Waals surface area contributed by atoms with Gasteiger partial charge in [0.15, 0.2) is 0 Å². The van der Waals surface area contributed by atoms with Crippen LogP contribution in [-0.2, 0) is 9.59 Å². The van der Waals surface area contributed by atoms with Crippen molar-refractivity contribution in [2.45, 2.75) is 20.3 Å². The highest BCUT2D eigenvalue weighted by Crippen LogP contribution is 2.36. The lowest BCUT2D eigenvalue weighted by Crippen LogP contribution is -2.37. The molecule has 2 N–H and O–H groups in total. The molecule has 1 aromatic rings. The van der Waals surface area contributed by atoms with Crippen molar-refractivity contribution in [2.24, 2.45) is 5.73 Å². The number of nitrogens with zero attached hydrogens (tertiary/aromatic N) is 2. The lowest BCUT2D eigenvalue weighted by molar-refractivity contribution is -0.118. The maximum atomic E-state index is 12.0. The summed E-state index contributed by atoms with van der Waals surface area (Å²) in [5.41, 5.74) is 9.17. The van der Waals surface area contributed by atoms with E-state index in [9.17, 15) is 9.59 Å². The molecule has 5 heteroatoms. The predicted molar refractivity (Wildman–Crippen MR) is 75.4 cm³/mol. The topological polar surface area (TPSA) is 66.6 Å². The van der Waals surface area contributed by atoms with Crippen LogP contribution in [0.3, 0.4) is 0 Å². The van der Waals surface area contributed by atoms with Crippen molar-refractivity contribution in [3.8, 4) is 0 Å². The van der Waals surface area contributed by atoms with Crippen LogP contribution in [0.15, 0.2) is 12.1 Å². The van der Waals surface area contributed by atoms with Gasteiger partial charge in [-0.25, -0.2) is 0 Å². The third-order valence-electron chi connectivity index (χ3n) is 3.71. The van der Waals surface area contributed by atoms with E-state index in [1.807, 2.05) is 26.0 Å². The van der Waals surface area contributed by atoms with Gasteiger partial charge in [-0.3, -0.25) is 9.59 Å². The SMILES string of the molecule is Cc1ccc2c(c1C)N(C(=O)CN)CCC(=O)N2C. The van der Waals surface area contributed by atoms with Crippen LogP contribution in [0.25, 0.3) is 0 Å². The van der Waals surface area contributed by atoms with E-state index in [0.717, 1.165) is 22.5 Å². The summed E-state index contributed by atoms with van der Waals surface area (Å²) >= 11 is 0. The highest BCUT2D eigenvalue weighted by atomic mass is 16.2. The molecule has 1 aromatic carbocycles. The molecule has 0 saturated carbocycles. The highest BCUT2D eigenvalue weighted by molar-refractivity contribution is 6.06. The molecule has 2 rings (SSSR count). The van der Waals surface area contributed by atoms with Gasteiger partial charge in [0, 0.05) is 20.0 Å². The Balaban J connectivity index is 2.65. The lowest BCUT2D eigenvalue weighted by Gasteiger charge is -2.26.